The lowest BCUT2D eigenvalue weighted by Gasteiger charge is -2.33. The van der Waals surface area contributed by atoms with Crippen LogP contribution in [-0.2, 0) is 11.3 Å². The minimum Gasteiger partial charge on any atom is -0.497 e. The zero-order valence-corrected chi connectivity index (χ0v) is 18.8. The molecule has 0 unspecified atom stereocenters. The van der Waals surface area contributed by atoms with Gasteiger partial charge in [-0.1, -0.05) is 84.6 Å². The molecule has 0 radical (unpaired) electrons. The fourth-order valence-corrected chi connectivity index (χ4v) is 4.88. The Hall–Kier alpha value is -3.78. The molecule has 0 fully saturated rings. The number of methoxy groups -OCH3 is 1. The average molecular weight is 458 g/mol. The lowest BCUT2D eigenvalue weighted by Crippen LogP contribution is -2.43. The second-order valence-corrected chi connectivity index (χ2v) is 8.74. The second kappa shape index (κ2) is 9.38. The molecule has 5 rings (SSSR count). The highest BCUT2D eigenvalue weighted by Gasteiger charge is 2.37. The van der Waals surface area contributed by atoms with Crippen molar-refractivity contribution in [3.05, 3.63) is 96.1 Å². The van der Waals surface area contributed by atoms with Crippen LogP contribution in [0.2, 0.25) is 0 Å². The summed E-state index contributed by atoms with van der Waals surface area (Å²) in [6.07, 6.45) is 0. The largest absolute Gasteiger partial charge is 0.497 e. The van der Waals surface area contributed by atoms with Crippen molar-refractivity contribution in [2.24, 2.45) is 0 Å². The number of aromatic nitrogens is 3. The van der Waals surface area contributed by atoms with Crippen LogP contribution in [0.15, 0.2) is 90.1 Å². The molecule has 1 aromatic heterocycles. The van der Waals surface area contributed by atoms with E-state index in [-0.39, 0.29) is 11.9 Å². The number of ether oxygens (including phenoxy) is 1. The fourth-order valence-electron chi connectivity index (χ4n) is 3.77. The van der Waals surface area contributed by atoms with Crippen molar-refractivity contribution < 1.29 is 9.53 Å². The molecule has 0 saturated heterocycles. The first-order chi connectivity index (χ1) is 16.2. The molecular formula is C25H23N5O2S. The van der Waals surface area contributed by atoms with E-state index >= 15 is 0 Å². The van der Waals surface area contributed by atoms with E-state index < -0.39 is 5.25 Å². The number of amides is 1. The van der Waals surface area contributed by atoms with E-state index in [1.165, 1.54) is 11.8 Å². The zero-order valence-electron chi connectivity index (χ0n) is 18.0. The molecule has 2 atom stereocenters. The average Bonchev–Trinajstić information content (AvgIpc) is 3.31. The predicted molar refractivity (Wildman–Crippen MR) is 128 cm³/mol. The molecule has 0 bridgehead atoms. The van der Waals surface area contributed by atoms with Crippen LogP contribution in [0.4, 0.5) is 0 Å². The van der Waals surface area contributed by atoms with Crippen LogP contribution < -0.4 is 15.5 Å². The summed E-state index contributed by atoms with van der Waals surface area (Å²) in [6.45, 7) is 0.434. The van der Waals surface area contributed by atoms with Gasteiger partial charge in [0.1, 0.15) is 11.0 Å². The fraction of sp³-hybridized carbons (Fsp3) is 0.160. The van der Waals surface area contributed by atoms with Gasteiger partial charge in [-0.05, 0) is 23.3 Å². The first-order valence-corrected chi connectivity index (χ1v) is 11.5. The van der Waals surface area contributed by atoms with E-state index in [1.807, 2.05) is 89.6 Å². The number of hydrogen-bond donors (Lipinski definition) is 2. The molecule has 4 aromatic rings. The Morgan fingerprint density at radius 1 is 1.00 bits per heavy atom. The number of hydrogen-bond acceptors (Lipinski definition) is 6. The number of benzene rings is 3. The third-order valence-electron chi connectivity index (χ3n) is 5.51. The normalized spacial score (nSPS) is 17.0. The minimum atomic E-state index is -0.411. The Labute approximate surface area is 196 Å². The van der Waals surface area contributed by atoms with Crippen LogP contribution in [0.1, 0.15) is 17.2 Å². The van der Waals surface area contributed by atoms with Crippen molar-refractivity contribution in [1.82, 2.24) is 20.2 Å². The first-order valence-electron chi connectivity index (χ1n) is 10.6. The molecule has 3 aromatic carbocycles. The summed E-state index contributed by atoms with van der Waals surface area (Å²) in [5.41, 5.74) is 6.48. The maximum atomic E-state index is 13.3. The number of nitrogens with one attached hydrogen (secondary N) is 2. The summed E-state index contributed by atoms with van der Waals surface area (Å²) in [7, 11) is 1.63. The van der Waals surface area contributed by atoms with Crippen molar-refractivity contribution in [3.63, 3.8) is 0 Å². The summed E-state index contributed by atoms with van der Waals surface area (Å²) < 4.78 is 7.09. The van der Waals surface area contributed by atoms with Crippen LogP contribution in [0.25, 0.3) is 11.4 Å². The van der Waals surface area contributed by atoms with Gasteiger partial charge in [0.2, 0.25) is 11.1 Å². The SMILES string of the molecule is COc1ccc(CNC(=O)[C@H]2Sc3nnc(-c4ccccc4)n3N[C@@H]2c2ccccc2)cc1. The Morgan fingerprint density at radius 3 is 2.39 bits per heavy atom. The molecule has 0 saturated carbocycles. The number of rotatable bonds is 6. The molecule has 2 heterocycles. The highest BCUT2D eigenvalue weighted by Crippen LogP contribution is 2.38. The molecule has 0 spiro atoms. The highest BCUT2D eigenvalue weighted by atomic mass is 32.2. The van der Waals surface area contributed by atoms with Crippen LogP contribution in [0.3, 0.4) is 0 Å². The van der Waals surface area contributed by atoms with E-state index in [4.69, 9.17) is 4.74 Å². The predicted octanol–water partition coefficient (Wildman–Crippen LogP) is 4.03. The molecule has 8 heteroatoms. The van der Waals surface area contributed by atoms with Crippen LogP contribution in [0, 0.1) is 0 Å². The highest BCUT2D eigenvalue weighted by molar-refractivity contribution is 8.00. The number of carbonyl (C=O) groups excluding carboxylic acids is 1. The van der Waals surface area contributed by atoms with Crippen molar-refractivity contribution in [2.75, 3.05) is 12.5 Å². The molecule has 7 nitrogen and oxygen atoms in total. The van der Waals surface area contributed by atoms with Crippen molar-refractivity contribution in [2.45, 2.75) is 23.0 Å². The van der Waals surface area contributed by atoms with Crippen LogP contribution in [-0.4, -0.2) is 33.1 Å². The first kappa shape index (κ1) is 21.1. The molecular weight excluding hydrogens is 434 g/mol. The van der Waals surface area contributed by atoms with E-state index in [0.29, 0.717) is 11.7 Å². The maximum Gasteiger partial charge on any atom is 0.236 e. The quantitative estimate of drug-likeness (QED) is 0.455. The summed E-state index contributed by atoms with van der Waals surface area (Å²) in [5.74, 6) is 1.44. The Balaban J connectivity index is 1.41. The van der Waals surface area contributed by atoms with Crippen molar-refractivity contribution >= 4 is 17.7 Å². The van der Waals surface area contributed by atoms with Gasteiger partial charge < -0.3 is 15.5 Å². The maximum absolute atomic E-state index is 13.3. The van der Waals surface area contributed by atoms with E-state index in [0.717, 1.165) is 28.3 Å². The van der Waals surface area contributed by atoms with Gasteiger partial charge in [0.25, 0.3) is 0 Å². The molecule has 1 aliphatic rings. The van der Waals surface area contributed by atoms with Gasteiger partial charge in [-0.25, -0.2) is 4.68 Å². The Morgan fingerprint density at radius 2 is 1.70 bits per heavy atom. The lowest BCUT2D eigenvalue weighted by atomic mass is 10.0. The number of nitrogens with zero attached hydrogens (tertiary/aromatic N) is 3. The number of thioether (sulfide) groups is 1. The van der Waals surface area contributed by atoms with E-state index in [1.54, 1.807) is 7.11 Å². The number of carbonyl (C=O) groups is 1. The molecule has 1 amide bonds. The summed E-state index contributed by atoms with van der Waals surface area (Å²) in [5, 5.41) is 12.1. The van der Waals surface area contributed by atoms with Crippen LogP contribution in [0.5, 0.6) is 5.75 Å². The van der Waals surface area contributed by atoms with Gasteiger partial charge in [0.15, 0.2) is 5.82 Å². The summed E-state index contributed by atoms with van der Waals surface area (Å²) in [6, 6.07) is 27.3. The summed E-state index contributed by atoms with van der Waals surface area (Å²) >= 11 is 1.42. The molecule has 1 aliphatic heterocycles. The molecule has 0 aliphatic carbocycles. The Kier molecular flexibility index (Phi) is 5.99. The van der Waals surface area contributed by atoms with E-state index in [2.05, 4.69) is 20.9 Å². The molecule has 33 heavy (non-hydrogen) atoms. The Bertz CT molecular complexity index is 1230. The minimum absolute atomic E-state index is 0.0623. The zero-order chi connectivity index (χ0) is 22.6. The van der Waals surface area contributed by atoms with Gasteiger partial charge in [-0.15, -0.1) is 10.2 Å². The molecule has 2 N–H and O–H groups in total. The third kappa shape index (κ3) is 4.42. The lowest BCUT2D eigenvalue weighted by molar-refractivity contribution is -0.121. The van der Waals surface area contributed by atoms with Gasteiger partial charge in [0, 0.05) is 12.1 Å². The standard InChI is InChI=1S/C25H23N5O2S/c1-32-20-14-12-17(13-15-20)16-26-24(31)22-21(18-8-4-2-5-9-18)29-30-23(27-28-25(30)33-22)19-10-6-3-7-11-19/h2-15,21-22,29H,16H2,1H3,(H,26,31)/t21-,22+/m1/s1. The topological polar surface area (TPSA) is 81.1 Å². The molecule has 166 valence electrons. The van der Waals surface area contributed by atoms with Crippen molar-refractivity contribution in [1.29, 1.82) is 0 Å². The second-order valence-electron chi connectivity index (χ2n) is 7.63. The van der Waals surface area contributed by atoms with Gasteiger partial charge >= 0.3 is 0 Å². The summed E-state index contributed by atoms with van der Waals surface area (Å²) in [4.78, 5) is 13.3. The van der Waals surface area contributed by atoms with Gasteiger partial charge in [-0.3, -0.25) is 4.79 Å². The van der Waals surface area contributed by atoms with Gasteiger partial charge in [0.05, 0.1) is 13.2 Å². The monoisotopic (exact) mass is 457 g/mol. The van der Waals surface area contributed by atoms with Crippen molar-refractivity contribution in [3.8, 4) is 17.1 Å². The smallest absolute Gasteiger partial charge is 0.236 e. The third-order valence-corrected chi connectivity index (χ3v) is 6.73. The van der Waals surface area contributed by atoms with Gasteiger partial charge in [-0.2, -0.15) is 0 Å². The van der Waals surface area contributed by atoms with Crippen LogP contribution >= 0.6 is 11.8 Å². The number of fused-ring (bicyclic) bond motifs is 1. The van der Waals surface area contributed by atoms with E-state index in [9.17, 15) is 4.79 Å².